The van der Waals surface area contributed by atoms with E-state index in [9.17, 15) is 4.79 Å². The van der Waals surface area contributed by atoms with Crippen LogP contribution >= 0.6 is 0 Å². The maximum atomic E-state index is 10.9. The molecule has 0 unspecified atom stereocenters. The molecule has 0 fully saturated rings. The van der Waals surface area contributed by atoms with Crippen LogP contribution in [0.2, 0.25) is 0 Å². The lowest BCUT2D eigenvalue weighted by Gasteiger charge is -2.02. The lowest BCUT2D eigenvalue weighted by molar-refractivity contribution is -0.120. The highest BCUT2D eigenvalue weighted by molar-refractivity contribution is 5.75. The van der Waals surface area contributed by atoms with Crippen molar-refractivity contribution < 1.29 is 4.79 Å². The lowest BCUT2D eigenvalue weighted by Crippen LogP contribution is -2.21. The van der Waals surface area contributed by atoms with Crippen LogP contribution in [0, 0.1) is 0 Å². The average molecular weight is 163 g/mol. The van der Waals surface area contributed by atoms with Crippen molar-refractivity contribution in [1.29, 1.82) is 0 Å². The van der Waals surface area contributed by atoms with E-state index < -0.39 is 0 Å². The first-order chi connectivity index (χ1) is 5.83. The van der Waals surface area contributed by atoms with Crippen molar-refractivity contribution >= 4 is 5.91 Å². The predicted octanol–water partition coefficient (Wildman–Crippen LogP) is 1.71. The third kappa shape index (κ3) is 2.74. The molecule has 1 aromatic rings. The van der Waals surface area contributed by atoms with Crippen LogP contribution in [-0.2, 0) is 11.3 Å². The molecule has 0 atom stereocenters. The molecule has 1 aromatic carbocycles. The van der Waals surface area contributed by atoms with E-state index in [2.05, 4.69) is 5.32 Å². The predicted molar refractivity (Wildman–Crippen MR) is 48.6 cm³/mol. The topological polar surface area (TPSA) is 29.1 Å². The van der Waals surface area contributed by atoms with E-state index in [1.165, 1.54) is 0 Å². The first-order valence-electron chi connectivity index (χ1n) is 4.13. The Morgan fingerprint density at radius 2 is 2.00 bits per heavy atom. The van der Waals surface area contributed by atoms with E-state index in [1.807, 2.05) is 37.3 Å². The molecule has 0 saturated heterocycles. The van der Waals surface area contributed by atoms with Crippen LogP contribution in [0.3, 0.4) is 0 Å². The van der Waals surface area contributed by atoms with Gasteiger partial charge in [0.05, 0.1) is 0 Å². The van der Waals surface area contributed by atoms with Crippen LogP contribution in [0.15, 0.2) is 30.3 Å². The maximum Gasteiger partial charge on any atom is 0.219 e. The molecule has 64 valence electrons. The zero-order valence-corrected chi connectivity index (χ0v) is 7.21. The Kier molecular flexibility index (Phi) is 3.33. The van der Waals surface area contributed by atoms with E-state index >= 15 is 0 Å². The number of rotatable bonds is 3. The van der Waals surface area contributed by atoms with Crippen molar-refractivity contribution in [1.82, 2.24) is 5.32 Å². The number of carbonyl (C=O) groups is 1. The molecule has 12 heavy (non-hydrogen) atoms. The minimum Gasteiger partial charge on any atom is -0.352 e. The van der Waals surface area contributed by atoms with Gasteiger partial charge in [-0.3, -0.25) is 4.79 Å². The van der Waals surface area contributed by atoms with Crippen molar-refractivity contribution in [3.63, 3.8) is 0 Å². The number of amides is 1. The molecule has 0 bridgehead atoms. The summed E-state index contributed by atoms with van der Waals surface area (Å²) in [6.45, 7) is 2.48. The quantitative estimate of drug-likeness (QED) is 0.722. The first-order valence-corrected chi connectivity index (χ1v) is 4.13. The minimum atomic E-state index is 0.0962. The van der Waals surface area contributed by atoms with Gasteiger partial charge in [-0.1, -0.05) is 37.3 Å². The average Bonchev–Trinajstić information content (AvgIpc) is 2.16. The molecular weight excluding hydrogens is 150 g/mol. The molecule has 0 saturated carbocycles. The summed E-state index contributed by atoms with van der Waals surface area (Å²) in [6.07, 6.45) is 0.548. The third-order valence-electron chi connectivity index (χ3n) is 1.65. The first kappa shape index (κ1) is 8.78. The SMILES string of the molecule is CCC(=O)NCc1ccccc1. The van der Waals surface area contributed by atoms with Gasteiger partial charge in [-0.2, -0.15) is 0 Å². The Bertz CT molecular complexity index is 243. The molecule has 0 radical (unpaired) electrons. The Morgan fingerprint density at radius 1 is 1.33 bits per heavy atom. The van der Waals surface area contributed by atoms with Crippen molar-refractivity contribution in [2.24, 2.45) is 0 Å². The van der Waals surface area contributed by atoms with Gasteiger partial charge in [0, 0.05) is 13.0 Å². The number of hydrogen-bond donors (Lipinski definition) is 1. The summed E-state index contributed by atoms with van der Waals surface area (Å²) in [4.78, 5) is 10.9. The van der Waals surface area contributed by atoms with Gasteiger partial charge in [-0.15, -0.1) is 0 Å². The summed E-state index contributed by atoms with van der Waals surface area (Å²) in [5.74, 6) is 0.0962. The zero-order valence-electron chi connectivity index (χ0n) is 7.21. The van der Waals surface area contributed by atoms with Gasteiger partial charge in [-0.25, -0.2) is 0 Å². The van der Waals surface area contributed by atoms with E-state index in [1.54, 1.807) is 0 Å². The molecule has 1 N–H and O–H groups in total. The fourth-order valence-electron chi connectivity index (χ4n) is 0.922. The van der Waals surface area contributed by atoms with Crippen LogP contribution in [0.25, 0.3) is 0 Å². The minimum absolute atomic E-state index is 0.0962. The molecule has 2 nitrogen and oxygen atoms in total. The van der Waals surface area contributed by atoms with Gasteiger partial charge in [-0.05, 0) is 5.56 Å². The summed E-state index contributed by atoms with van der Waals surface area (Å²) in [5, 5.41) is 2.81. The second-order valence-electron chi connectivity index (χ2n) is 2.62. The molecule has 0 spiro atoms. The van der Waals surface area contributed by atoms with E-state index in [0.29, 0.717) is 13.0 Å². The molecular formula is C10H13NO. The standard InChI is InChI=1S/C10H13NO/c1-2-10(12)11-8-9-6-4-3-5-7-9/h3-7H,2,8H2,1H3,(H,11,12). The number of nitrogens with one attached hydrogen (secondary N) is 1. The molecule has 0 heterocycles. The van der Waals surface area contributed by atoms with E-state index in [4.69, 9.17) is 0 Å². The Hall–Kier alpha value is -1.31. The van der Waals surface area contributed by atoms with E-state index in [0.717, 1.165) is 5.56 Å². The van der Waals surface area contributed by atoms with Crippen LogP contribution in [-0.4, -0.2) is 5.91 Å². The fraction of sp³-hybridized carbons (Fsp3) is 0.300. The molecule has 0 aliphatic rings. The maximum absolute atomic E-state index is 10.9. The molecule has 1 amide bonds. The third-order valence-corrected chi connectivity index (χ3v) is 1.65. The highest BCUT2D eigenvalue weighted by Gasteiger charge is 1.95. The Labute approximate surface area is 72.6 Å². The lowest BCUT2D eigenvalue weighted by atomic mass is 10.2. The normalized spacial score (nSPS) is 9.42. The Balaban J connectivity index is 2.38. The van der Waals surface area contributed by atoms with Gasteiger partial charge >= 0.3 is 0 Å². The fourth-order valence-corrected chi connectivity index (χ4v) is 0.922. The van der Waals surface area contributed by atoms with Crippen LogP contribution in [0.5, 0.6) is 0 Å². The molecule has 1 rings (SSSR count). The molecule has 0 aromatic heterocycles. The smallest absolute Gasteiger partial charge is 0.219 e. The van der Waals surface area contributed by atoms with Crippen molar-refractivity contribution in [3.8, 4) is 0 Å². The second-order valence-corrected chi connectivity index (χ2v) is 2.62. The summed E-state index contributed by atoms with van der Waals surface area (Å²) >= 11 is 0. The van der Waals surface area contributed by atoms with Gasteiger partial charge in [0.1, 0.15) is 0 Å². The van der Waals surface area contributed by atoms with Crippen molar-refractivity contribution in [3.05, 3.63) is 35.9 Å². The molecule has 2 heteroatoms. The van der Waals surface area contributed by atoms with Crippen molar-refractivity contribution in [2.45, 2.75) is 19.9 Å². The number of hydrogen-bond acceptors (Lipinski definition) is 1. The Morgan fingerprint density at radius 3 is 2.58 bits per heavy atom. The summed E-state index contributed by atoms with van der Waals surface area (Å²) in [6, 6.07) is 9.89. The number of carbonyl (C=O) groups excluding carboxylic acids is 1. The van der Waals surface area contributed by atoms with E-state index in [-0.39, 0.29) is 5.91 Å². The largest absolute Gasteiger partial charge is 0.352 e. The van der Waals surface area contributed by atoms with Crippen LogP contribution in [0.4, 0.5) is 0 Å². The van der Waals surface area contributed by atoms with Crippen LogP contribution in [0.1, 0.15) is 18.9 Å². The summed E-state index contributed by atoms with van der Waals surface area (Å²) in [7, 11) is 0. The van der Waals surface area contributed by atoms with Crippen molar-refractivity contribution in [2.75, 3.05) is 0 Å². The molecule has 0 aliphatic carbocycles. The van der Waals surface area contributed by atoms with Gasteiger partial charge in [0.2, 0.25) is 5.91 Å². The van der Waals surface area contributed by atoms with Gasteiger partial charge < -0.3 is 5.32 Å². The molecule has 0 aliphatic heterocycles. The number of benzene rings is 1. The van der Waals surface area contributed by atoms with Crippen LogP contribution < -0.4 is 5.32 Å². The summed E-state index contributed by atoms with van der Waals surface area (Å²) < 4.78 is 0. The zero-order chi connectivity index (χ0) is 8.81. The van der Waals surface area contributed by atoms with Gasteiger partial charge in [0.15, 0.2) is 0 Å². The second kappa shape index (κ2) is 4.54. The monoisotopic (exact) mass is 163 g/mol. The highest BCUT2D eigenvalue weighted by atomic mass is 16.1. The summed E-state index contributed by atoms with van der Waals surface area (Å²) in [5.41, 5.74) is 1.14. The highest BCUT2D eigenvalue weighted by Crippen LogP contribution is 1.96. The van der Waals surface area contributed by atoms with Gasteiger partial charge in [0.25, 0.3) is 0 Å².